The number of methoxy groups -OCH3 is 1. The SMILES string of the molecule is COCCn1nccc1C(F)F. The Morgan fingerprint density at radius 3 is 3.00 bits per heavy atom. The Kier molecular flexibility index (Phi) is 3.16. The first kappa shape index (κ1) is 9.12. The fourth-order valence-electron chi connectivity index (χ4n) is 0.893. The van der Waals surface area contributed by atoms with Gasteiger partial charge in [-0.15, -0.1) is 0 Å². The molecule has 0 aliphatic carbocycles. The first-order valence-electron chi connectivity index (χ1n) is 3.54. The highest BCUT2D eigenvalue weighted by atomic mass is 19.3. The van der Waals surface area contributed by atoms with Gasteiger partial charge in [0.05, 0.1) is 13.2 Å². The molecule has 0 unspecified atom stereocenters. The van der Waals surface area contributed by atoms with E-state index in [1.54, 1.807) is 0 Å². The molecule has 12 heavy (non-hydrogen) atoms. The second-order valence-electron chi connectivity index (χ2n) is 2.27. The van der Waals surface area contributed by atoms with Crippen molar-refractivity contribution in [2.45, 2.75) is 13.0 Å². The van der Waals surface area contributed by atoms with E-state index in [-0.39, 0.29) is 5.69 Å². The van der Waals surface area contributed by atoms with Gasteiger partial charge >= 0.3 is 0 Å². The summed E-state index contributed by atoms with van der Waals surface area (Å²) in [5.41, 5.74) is -0.0629. The van der Waals surface area contributed by atoms with Crippen molar-refractivity contribution >= 4 is 0 Å². The Balaban J connectivity index is 2.64. The number of rotatable bonds is 4. The van der Waals surface area contributed by atoms with E-state index in [1.807, 2.05) is 0 Å². The summed E-state index contributed by atoms with van der Waals surface area (Å²) in [5, 5.41) is 3.73. The molecule has 0 atom stereocenters. The van der Waals surface area contributed by atoms with Crippen molar-refractivity contribution in [3.05, 3.63) is 18.0 Å². The number of ether oxygens (including phenoxy) is 1. The first-order valence-corrected chi connectivity index (χ1v) is 3.54. The average Bonchev–Trinajstić information content (AvgIpc) is 2.48. The lowest BCUT2D eigenvalue weighted by atomic mass is 10.4. The highest BCUT2D eigenvalue weighted by Crippen LogP contribution is 2.17. The van der Waals surface area contributed by atoms with Gasteiger partial charge in [0, 0.05) is 13.3 Å². The van der Waals surface area contributed by atoms with Crippen LogP contribution >= 0.6 is 0 Å². The van der Waals surface area contributed by atoms with Crippen LogP contribution in [0.25, 0.3) is 0 Å². The summed E-state index contributed by atoms with van der Waals surface area (Å²) in [6, 6.07) is 1.31. The van der Waals surface area contributed by atoms with Crippen LogP contribution in [-0.2, 0) is 11.3 Å². The molecule has 1 aromatic heterocycles. The zero-order valence-corrected chi connectivity index (χ0v) is 6.70. The maximum atomic E-state index is 12.2. The van der Waals surface area contributed by atoms with Crippen LogP contribution in [0.3, 0.4) is 0 Å². The smallest absolute Gasteiger partial charge is 0.280 e. The quantitative estimate of drug-likeness (QED) is 0.694. The van der Waals surface area contributed by atoms with E-state index in [2.05, 4.69) is 5.10 Å². The van der Waals surface area contributed by atoms with Crippen molar-refractivity contribution < 1.29 is 13.5 Å². The minimum atomic E-state index is -2.47. The molecule has 0 saturated heterocycles. The fraction of sp³-hybridized carbons (Fsp3) is 0.571. The molecule has 0 spiro atoms. The molecule has 0 aromatic carbocycles. The van der Waals surface area contributed by atoms with Gasteiger partial charge in [-0.1, -0.05) is 0 Å². The maximum absolute atomic E-state index is 12.2. The van der Waals surface area contributed by atoms with Gasteiger partial charge in [-0.2, -0.15) is 5.10 Å². The van der Waals surface area contributed by atoms with Gasteiger partial charge in [-0.25, -0.2) is 8.78 Å². The summed E-state index contributed by atoms with van der Waals surface area (Å²) < 4.78 is 30.4. The van der Waals surface area contributed by atoms with Gasteiger partial charge in [0.25, 0.3) is 6.43 Å². The molecule has 5 heteroatoms. The van der Waals surface area contributed by atoms with Gasteiger partial charge < -0.3 is 4.74 Å². The normalized spacial score (nSPS) is 11.0. The van der Waals surface area contributed by atoms with Gasteiger partial charge in [0.1, 0.15) is 5.69 Å². The van der Waals surface area contributed by atoms with E-state index in [1.165, 1.54) is 24.1 Å². The lowest BCUT2D eigenvalue weighted by molar-refractivity contribution is 0.131. The maximum Gasteiger partial charge on any atom is 0.280 e. The highest BCUT2D eigenvalue weighted by molar-refractivity contribution is 5.01. The molecule has 0 saturated carbocycles. The molecule has 1 rings (SSSR count). The third-order valence-corrected chi connectivity index (χ3v) is 1.48. The first-order chi connectivity index (χ1) is 5.75. The molecule has 0 radical (unpaired) electrons. The molecular formula is C7H10F2N2O. The van der Waals surface area contributed by atoms with Crippen molar-refractivity contribution in [2.75, 3.05) is 13.7 Å². The Morgan fingerprint density at radius 2 is 2.42 bits per heavy atom. The Morgan fingerprint density at radius 1 is 1.67 bits per heavy atom. The van der Waals surface area contributed by atoms with Crippen LogP contribution in [0.15, 0.2) is 12.3 Å². The summed E-state index contributed by atoms with van der Waals surface area (Å²) >= 11 is 0. The summed E-state index contributed by atoms with van der Waals surface area (Å²) in [6.45, 7) is 0.755. The van der Waals surface area contributed by atoms with Crippen molar-refractivity contribution in [1.82, 2.24) is 9.78 Å². The minimum Gasteiger partial charge on any atom is -0.383 e. The van der Waals surface area contributed by atoms with Crippen LogP contribution in [0.4, 0.5) is 8.78 Å². The largest absolute Gasteiger partial charge is 0.383 e. The standard InChI is InChI=1S/C7H10F2N2O/c1-12-5-4-11-6(7(8)9)2-3-10-11/h2-3,7H,4-5H2,1H3. The third kappa shape index (κ3) is 2.01. The Bertz CT molecular complexity index is 237. The molecule has 0 fully saturated rings. The van der Waals surface area contributed by atoms with E-state index < -0.39 is 6.43 Å². The number of hydrogen-bond donors (Lipinski definition) is 0. The third-order valence-electron chi connectivity index (χ3n) is 1.48. The zero-order chi connectivity index (χ0) is 8.97. The van der Waals surface area contributed by atoms with Crippen molar-refractivity contribution in [2.24, 2.45) is 0 Å². The number of aromatic nitrogens is 2. The van der Waals surface area contributed by atoms with Gasteiger partial charge in [0.2, 0.25) is 0 Å². The monoisotopic (exact) mass is 176 g/mol. The molecule has 1 heterocycles. The zero-order valence-electron chi connectivity index (χ0n) is 6.70. The molecule has 68 valence electrons. The molecule has 0 aliphatic rings. The van der Waals surface area contributed by atoms with E-state index >= 15 is 0 Å². The van der Waals surface area contributed by atoms with Crippen LogP contribution in [-0.4, -0.2) is 23.5 Å². The number of nitrogens with zero attached hydrogens (tertiary/aromatic N) is 2. The van der Waals surface area contributed by atoms with Crippen LogP contribution < -0.4 is 0 Å². The molecule has 1 aromatic rings. The van der Waals surface area contributed by atoms with Crippen LogP contribution in [0.1, 0.15) is 12.1 Å². The second-order valence-corrected chi connectivity index (χ2v) is 2.27. The summed E-state index contributed by atoms with van der Waals surface area (Å²) in [6.07, 6.45) is -1.11. The Labute approximate surface area is 68.9 Å². The van der Waals surface area contributed by atoms with Crippen molar-refractivity contribution in [3.63, 3.8) is 0 Å². The molecule has 0 amide bonds. The summed E-state index contributed by atoms with van der Waals surface area (Å²) in [5.74, 6) is 0. The summed E-state index contributed by atoms with van der Waals surface area (Å²) in [7, 11) is 1.52. The minimum absolute atomic E-state index is 0.0629. The Hall–Kier alpha value is -0.970. The van der Waals surface area contributed by atoms with Gasteiger partial charge in [-0.05, 0) is 6.07 Å². The van der Waals surface area contributed by atoms with Crippen molar-refractivity contribution in [1.29, 1.82) is 0 Å². The highest BCUT2D eigenvalue weighted by Gasteiger charge is 2.12. The average molecular weight is 176 g/mol. The molecule has 0 aliphatic heterocycles. The second kappa shape index (κ2) is 4.15. The predicted molar refractivity (Wildman–Crippen MR) is 39.1 cm³/mol. The van der Waals surface area contributed by atoms with Gasteiger partial charge in [0.15, 0.2) is 0 Å². The van der Waals surface area contributed by atoms with Crippen LogP contribution in [0, 0.1) is 0 Å². The molecular weight excluding hydrogens is 166 g/mol. The van der Waals surface area contributed by atoms with E-state index in [4.69, 9.17) is 4.74 Å². The topological polar surface area (TPSA) is 27.1 Å². The molecule has 0 N–H and O–H groups in total. The lowest BCUT2D eigenvalue weighted by Gasteiger charge is -2.04. The molecule has 3 nitrogen and oxygen atoms in total. The van der Waals surface area contributed by atoms with Crippen LogP contribution in [0.2, 0.25) is 0 Å². The molecule has 0 bridgehead atoms. The predicted octanol–water partition coefficient (Wildman–Crippen LogP) is 1.47. The summed E-state index contributed by atoms with van der Waals surface area (Å²) in [4.78, 5) is 0. The van der Waals surface area contributed by atoms with E-state index in [0.717, 1.165) is 0 Å². The van der Waals surface area contributed by atoms with Crippen molar-refractivity contribution in [3.8, 4) is 0 Å². The van der Waals surface area contributed by atoms with E-state index in [9.17, 15) is 8.78 Å². The number of halogens is 2. The van der Waals surface area contributed by atoms with Crippen LogP contribution in [0.5, 0.6) is 0 Å². The number of alkyl halides is 2. The number of hydrogen-bond acceptors (Lipinski definition) is 2. The van der Waals surface area contributed by atoms with E-state index in [0.29, 0.717) is 13.2 Å². The fourth-order valence-corrected chi connectivity index (χ4v) is 0.893. The van der Waals surface area contributed by atoms with Gasteiger partial charge in [-0.3, -0.25) is 4.68 Å². The lowest BCUT2D eigenvalue weighted by Crippen LogP contribution is -2.09.